The molecule has 0 saturated heterocycles. The molecule has 0 aliphatic heterocycles. The number of hydrogen-bond donors (Lipinski definition) is 1. The van der Waals surface area contributed by atoms with Gasteiger partial charge in [-0.05, 0) is 99.3 Å². The van der Waals surface area contributed by atoms with E-state index in [1.807, 2.05) is 13.8 Å². The van der Waals surface area contributed by atoms with E-state index in [1.54, 1.807) is 68.4 Å². The third-order valence-corrected chi connectivity index (χ3v) is 6.91. The number of carbonyl (C=O) groups excluding carboxylic acids is 4. The van der Waals surface area contributed by atoms with Crippen LogP contribution in [0.15, 0.2) is 18.2 Å². The summed E-state index contributed by atoms with van der Waals surface area (Å²) in [6.07, 6.45) is -0.209. The molecule has 0 heterocycles. The van der Waals surface area contributed by atoms with Gasteiger partial charge in [0.1, 0.15) is 18.2 Å². The molecule has 39 heavy (non-hydrogen) atoms. The summed E-state index contributed by atoms with van der Waals surface area (Å²) in [5.41, 5.74) is 4.53. The molecule has 0 spiro atoms. The highest BCUT2D eigenvalue weighted by Crippen LogP contribution is 2.34. The minimum absolute atomic E-state index is 0.0657. The molecule has 3 atom stereocenters. The number of nitrogens with two attached hydrogens (primary N) is 1. The average molecular weight is 550 g/mol. The molecule has 0 unspecified atom stereocenters. The fraction of sp³-hybridized carbons (Fsp3) is 0.667. The van der Waals surface area contributed by atoms with Gasteiger partial charge in [-0.15, -0.1) is 0 Å². The quantitative estimate of drug-likeness (QED) is 0.278. The summed E-state index contributed by atoms with van der Waals surface area (Å²) in [6, 6.07) is 3.67. The highest BCUT2D eigenvalue weighted by molar-refractivity contribution is 5.82. The molecule has 9 heteroatoms. The zero-order chi connectivity index (χ0) is 30.3. The van der Waals surface area contributed by atoms with Crippen molar-refractivity contribution >= 4 is 23.9 Å². The van der Waals surface area contributed by atoms with E-state index in [-0.39, 0.29) is 17.9 Å². The van der Waals surface area contributed by atoms with Gasteiger partial charge in [0.25, 0.3) is 0 Å². The Hall–Kier alpha value is -2.94. The normalized spacial score (nSPS) is 14.6. The van der Waals surface area contributed by atoms with Crippen molar-refractivity contribution in [3.63, 3.8) is 0 Å². The zero-order valence-corrected chi connectivity index (χ0v) is 25.4. The maximum absolute atomic E-state index is 12.8. The molecule has 1 aromatic rings. The monoisotopic (exact) mass is 549 g/mol. The van der Waals surface area contributed by atoms with Crippen LogP contribution in [0.5, 0.6) is 11.5 Å². The van der Waals surface area contributed by atoms with Crippen molar-refractivity contribution in [3.8, 4) is 11.5 Å². The molecular formula is C30H47NO8. The molecule has 0 aromatic heterocycles. The lowest BCUT2D eigenvalue weighted by molar-refractivity contribution is -0.171. The van der Waals surface area contributed by atoms with Gasteiger partial charge in [-0.3, -0.25) is 19.2 Å². The maximum Gasteiger partial charge on any atom is 0.323 e. The molecule has 0 radical (unpaired) electrons. The largest absolute Gasteiger partial charge is 0.458 e. The summed E-state index contributed by atoms with van der Waals surface area (Å²) >= 11 is 0. The van der Waals surface area contributed by atoms with Crippen LogP contribution in [0, 0.1) is 16.2 Å². The van der Waals surface area contributed by atoms with Crippen LogP contribution in [0.1, 0.15) is 94.6 Å². The Balaban J connectivity index is 3.09. The molecule has 0 aliphatic carbocycles. The van der Waals surface area contributed by atoms with Crippen LogP contribution in [-0.4, -0.2) is 42.1 Å². The number of ether oxygens (including phenoxy) is 4. The van der Waals surface area contributed by atoms with Crippen molar-refractivity contribution in [1.29, 1.82) is 0 Å². The minimum atomic E-state index is -1.04. The molecule has 0 saturated carbocycles. The van der Waals surface area contributed by atoms with E-state index < -0.39 is 58.4 Å². The Bertz CT molecular complexity index is 1040. The van der Waals surface area contributed by atoms with E-state index >= 15 is 0 Å². The van der Waals surface area contributed by atoms with Crippen molar-refractivity contribution in [3.05, 3.63) is 23.8 Å². The number of esters is 4. The second kappa shape index (κ2) is 13.4. The van der Waals surface area contributed by atoms with Crippen molar-refractivity contribution in [1.82, 2.24) is 0 Å². The number of carbonyl (C=O) groups is 4. The minimum Gasteiger partial charge on any atom is -0.458 e. The number of rotatable bonds is 12. The maximum atomic E-state index is 12.8. The van der Waals surface area contributed by atoms with E-state index in [9.17, 15) is 19.2 Å². The predicted octanol–water partition coefficient (Wildman–Crippen LogP) is 5.15. The summed E-state index contributed by atoms with van der Waals surface area (Å²) < 4.78 is 22.1. The van der Waals surface area contributed by atoms with Crippen LogP contribution < -0.4 is 15.2 Å². The van der Waals surface area contributed by atoms with Crippen LogP contribution in [0.3, 0.4) is 0 Å². The lowest BCUT2D eigenvalue weighted by atomic mass is 9.90. The summed E-state index contributed by atoms with van der Waals surface area (Å²) in [4.78, 5) is 50.4. The molecular weight excluding hydrogens is 502 g/mol. The lowest BCUT2D eigenvalue weighted by Gasteiger charge is -2.26. The molecule has 0 amide bonds. The smallest absolute Gasteiger partial charge is 0.323 e. The standard InChI is InChI=1S/C30H47NO8/c1-12-29(8,9)26(34)38-22-15-14-20(17-23(22)39-27(35)30(10,11)13-2)16-21(31)24(32)36-18(3)19(4)37-25(33)28(5,6)7/h14-15,17-19,21H,12-13,16,31H2,1-11H3/t18-,19-,21-/m0/s1. The van der Waals surface area contributed by atoms with Gasteiger partial charge in [0.2, 0.25) is 0 Å². The SMILES string of the molecule is CCC(C)(C)C(=O)Oc1ccc(C[C@H](N)C(=O)O[C@@H](C)[C@H](C)OC(=O)C(C)(C)C)cc1OC(=O)C(C)(C)CC. The van der Waals surface area contributed by atoms with Crippen LogP contribution in [0.25, 0.3) is 0 Å². The Labute approximate surface area is 233 Å². The molecule has 1 rings (SSSR count). The first-order valence-corrected chi connectivity index (χ1v) is 13.5. The Morgan fingerprint density at radius 2 is 1.21 bits per heavy atom. The van der Waals surface area contributed by atoms with Crippen molar-refractivity contribution in [2.75, 3.05) is 0 Å². The van der Waals surface area contributed by atoms with Gasteiger partial charge in [-0.1, -0.05) is 19.9 Å². The second-order valence-corrected chi connectivity index (χ2v) is 12.3. The van der Waals surface area contributed by atoms with E-state index in [0.717, 1.165) is 0 Å². The number of hydrogen-bond acceptors (Lipinski definition) is 9. The third-order valence-electron chi connectivity index (χ3n) is 6.91. The summed E-state index contributed by atoms with van der Waals surface area (Å²) in [5, 5.41) is 0. The van der Waals surface area contributed by atoms with E-state index in [4.69, 9.17) is 24.7 Å². The first-order chi connectivity index (χ1) is 17.7. The second-order valence-electron chi connectivity index (χ2n) is 12.3. The highest BCUT2D eigenvalue weighted by Gasteiger charge is 2.32. The van der Waals surface area contributed by atoms with Gasteiger partial charge < -0.3 is 24.7 Å². The van der Waals surface area contributed by atoms with Gasteiger partial charge >= 0.3 is 23.9 Å². The summed E-state index contributed by atoms with van der Waals surface area (Å²) in [6.45, 7) is 19.3. The molecule has 220 valence electrons. The van der Waals surface area contributed by atoms with Gasteiger partial charge in [-0.2, -0.15) is 0 Å². The summed E-state index contributed by atoms with van der Waals surface area (Å²) in [5.74, 6) is -1.85. The molecule has 0 aliphatic rings. The zero-order valence-electron chi connectivity index (χ0n) is 25.4. The molecule has 9 nitrogen and oxygen atoms in total. The molecule has 2 N–H and O–H groups in total. The number of benzene rings is 1. The van der Waals surface area contributed by atoms with Gasteiger partial charge in [0.05, 0.1) is 16.2 Å². The van der Waals surface area contributed by atoms with Gasteiger partial charge in [-0.25, -0.2) is 0 Å². The van der Waals surface area contributed by atoms with Gasteiger partial charge in [0.15, 0.2) is 11.5 Å². The van der Waals surface area contributed by atoms with Crippen molar-refractivity contribution in [2.24, 2.45) is 22.0 Å². The fourth-order valence-electron chi connectivity index (χ4n) is 2.75. The first-order valence-electron chi connectivity index (χ1n) is 13.5. The van der Waals surface area contributed by atoms with Crippen LogP contribution >= 0.6 is 0 Å². The van der Waals surface area contributed by atoms with E-state index in [2.05, 4.69) is 0 Å². The topological polar surface area (TPSA) is 131 Å². The predicted molar refractivity (Wildman–Crippen MR) is 148 cm³/mol. The highest BCUT2D eigenvalue weighted by atomic mass is 16.6. The first kappa shape index (κ1) is 34.1. The van der Waals surface area contributed by atoms with Gasteiger partial charge in [0, 0.05) is 0 Å². The Morgan fingerprint density at radius 1 is 0.744 bits per heavy atom. The van der Waals surface area contributed by atoms with Crippen LogP contribution in [-0.2, 0) is 35.1 Å². The van der Waals surface area contributed by atoms with E-state index in [1.165, 1.54) is 12.1 Å². The van der Waals surface area contributed by atoms with Crippen LogP contribution in [0.2, 0.25) is 0 Å². The summed E-state index contributed by atoms with van der Waals surface area (Å²) in [7, 11) is 0. The van der Waals surface area contributed by atoms with E-state index in [0.29, 0.717) is 18.4 Å². The van der Waals surface area contributed by atoms with Crippen LogP contribution in [0.4, 0.5) is 0 Å². The van der Waals surface area contributed by atoms with Crippen molar-refractivity contribution < 1.29 is 38.1 Å². The average Bonchev–Trinajstić information content (AvgIpc) is 2.84. The Morgan fingerprint density at radius 3 is 1.67 bits per heavy atom. The Kier molecular flexibility index (Phi) is 11.7. The molecule has 0 fully saturated rings. The molecule has 0 bridgehead atoms. The third kappa shape index (κ3) is 9.95. The fourth-order valence-corrected chi connectivity index (χ4v) is 2.75. The lowest BCUT2D eigenvalue weighted by Crippen LogP contribution is -2.40. The van der Waals surface area contributed by atoms with Crippen molar-refractivity contribution in [2.45, 2.75) is 114 Å². The molecule has 1 aromatic carbocycles.